The SMILES string of the molecule is CCN(CC)c1ccc(/C=C2/SC(=S)N(CCC(=O)O)C2=O)cc1[N+](=O)[O-]. The minimum atomic E-state index is -1.02. The van der Waals surface area contributed by atoms with Crippen LogP contribution in [-0.4, -0.2) is 50.8 Å². The fourth-order valence-electron chi connectivity index (χ4n) is 2.66. The number of thiocarbonyl (C=S) groups is 1. The van der Waals surface area contributed by atoms with Crippen molar-refractivity contribution >= 4 is 57.6 Å². The molecule has 0 aliphatic carbocycles. The third kappa shape index (κ3) is 4.83. The van der Waals surface area contributed by atoms with Crippen LogP contribution in [0.15, 0.2) is 23.1 Å². The number of carboxylic acids is 1. The van der Waals surface area contributed by atoms with Crippen LogP contribution in [0, 0.1) is 10.1 Å². The highest BCUT2D eigenvalue weighted by molar-refractivity contribution is 8.26. The lowest BCUT2D eigenvalue weighted by Crippen LogP contribution is -2.30. The summed E-state index contributed by atoms with van der Waals surface area (Å²) in [6, 6.07) is 4.81. The van der Waals surface area contributed by atoms with Crippen LogP contribution in [0.1, 0.15) is 25.8 Å². The van der Waals surface area contributed by atoms with Gasteiger partial charge >= 0.3 is 5.97 Å². The molecule has 0 atom stereocenters. The van der Waals surface area contributed by atoms with Gasteiger partial charge < -0.3 is 10.0 Å². The van der Waals surface area contributed by atoms with Crippen LogP contribution in [0.2, 0.25) is 0 Å². The van der Waals surface area contributed by atoms with E-state index in [2.05, 4.69) is 0 Å². The predicted molar refractivity (Wildman–Crippen MR) is 109 cm³/mol. The van der Waals surface area contributed by atoms with Crippen molar-refractivity contribution in [3.8, 4) is 0 Å². The van der Waals surface area contributed by atoms with E-state index in [0.717, 1.165) is 11.8 Å². The molecule has 0 radical (unpaired) electrons. The van der Waals surface area contributed by atoms with Crippen LogP contribution in [0.3, 0.4) is 0 Å². The van der Waals surface area contributed by atoms with E-state index in [1.807, 2.05) is 18.7 Å². The van der Waals surface area contributed by atoms with E-state index < -0.39 is 10.9 Å². The molecule has 1 aliphatic heterocycles. The number of nitrogens with zero attached hydrogens (tertiary/aromatic N) is 3. The number of thioether (sulfide) groups is 1. The van der Waals surface area contributed by atoms with Gasteiger partial charge in [0.05, 0.1) is 16.2 Å². The number of rotatable bonds is 8. The van der Waals surface area contributed by atoms with Gasteiger partial charge in [-0.1, -0.05) is 30.0 Å². The van der Waals surface area contributed by atoms with E-state index in [4.69, 9.17) is 17.3 Å². The Hall–Kier alpha value is -2.46. The number of hydrogen-bond acceptors (Lipinski definition) is 7. The molecule has 2 rings (SSSR count). The average molecular weight is 409 g/mol. The molecule has 0 aromatic heterocycles. The Kier molecular flexibility index (Phi) is 6.92. The quantitative estimate of drug-likeness (QED) is 0.302. The molecule has 1 aliphatic rings. The molecule has 27 heavy (non-hydrogen) atoms. The van der Waals surface area contributed by atoms with Crippen molar-refractivity contribution in [1.29, 1.82) is 0 Å². The molecule has 0 spiro atoms. The topological polar surface area (TPSA) is 104 Å². The molecule has 1 N–H and O–H groups in total. The first-order valence-corrected chi connectivity index (χ1v) is 9.51. The first kappa shape index (κ1) is 20.8. The summed E-state index contributed by atoms with van der Waals surface area (Å²) in [5.41, 5.74) is 1.00. The Morgan fingerprint density at radius 2 is 2.07 bits per heavy atom. The largest absolute Gasteiger partial charge is 0.481 e. The van der Waals surface area contributed by atoms with E-state index >= 15 is 0 Å². The standard InChI is InChI=1S/C17H19N3O5S2/c1-3-18(4-2)12-6-5-11(9-13(12)20(24)25)10-14-16(23)19(17(26)27-14)8-7-15(21)22/h5-6,9-10H,3-4,7-8H2,1-2H3,(H,21,22)/b14-10+. The molecule has 1 saturated heterocycles. The van der Waals surface area contributed by atoms with Crippen LogP contribution < -0.4 is 4.90 Å². The summed E-state index contributed by atoms with van der Waals surface area (Å²) < 4.78 is 0.279. The summed E-state index contributed by atoms with van der Waals surface area (Å²) in [7, 11) is 0. The summed E-state index contributed by atoms with van der Waals surface area (Å²) in [6.07, 6.45) is 1.34. The van der Waals surface area contributed by atoms with Gasteiger partial charge in [0, 0.05) is 25.7 Å². The Balaban J connectivity index is 2.32. The number of nitro groups is 1. The van der Waals surface area contributed by atoms with Gasteiger partial charge in [0.1, 0.15) is 10.0 Å². The summed E-state index contributed by atoms with van der Waals surface area (Å²) >= 11 is 6.19. The van der Waals surface area contributed by atoms with Crippen molar-refractivity contribution in [1.82, 2.24) is 4.90 Å². The zero-order valence-corrected chi connectivity index (χ0v) is 16.5. The molecule has 1 amide bonds. The number of carbonyl (C=O) groups is 2. The summed E-state index contributed by atoms with van der Waals surface area (Å²) in [6.45, 7) is 5.11. The number of anilines is 1. The first-order valence-electron chi connectivity index (χ1n) is 8.29. The minimum absolute atomic E-state index is 0.00160. The highest BCUT2D eigenvalue weighted by atomic mass is 32.2. The van der Waals surface area contributed by atoms with Crippen LogP contribution in [0.25, 0.3) is 6.08 Å². The Bertz CT molecular complexity index is 821. The normalized spacial score (nSPS) is 15.5. The average Bonchev–Trinajstić information content (AvgIpc) is 2.88. The predicted octanol–water partition coefficient (Wildman–Crippen LogP) is 3.12. The number of benzene rings is 1. The van der Waals surface area contributed by atoms with Crippen LogP contribution in [0.5, 0.6) is 0 Å². The zero-order valence-electron chi connectivity index (χ0n) is 14.9. The van der Waals surface area contributed by atoms with E-state index in [9.17, 15) is 19.7 Å². The van der Waals surface area contributed by atoms with Gasteiger partial charge in [-0.15, -0.1) is 0 Å². The number of aliphatic carboxylic acids is 1. The molecule has 1 heterocycles. The van der Waals surface area contributed by atoms with Crippen molar-refractivity contribution < 1.29 is 19.6 Å². The third-order valence-electron chi connectivity index (χ3n) is 4.02. The van der Waals surface area contributed by atoms with Crippen LogP contribution >= 0.6 is 24.0 Å². The Morgan fingerprint density at radius 3 is 2.63 bits per heavy atom. The molecule has 1 aromatic rings. The Labute approximate surface area is 166 Å². The lowest BCUT2D eigenvalue weighted by atomic mass is 10.1. The highest BCUT2D eigenvalue weighted by Gasteiger charge is 2.32. The molecule has 0 bridgehead atoms. The van der Waals surface area contributed by atoms with Crippen molar-refractivity contribution in [3.63, 3.8) is 0 Å². The Morgan fingerprint density at radius 1 is 1.41 bits per heavy atom. The molecule has 0 saturated carbocycles. The summed E-state index contributed by atoms with van der Waals surface area (Å²) in [5.74, 6) is -1.41. The molecular formula is C17H19N3O5S2. The molecule has 10 heteroatoms. The molecule has 1 aromatic carbocycles. The first-order chi connectivity index (χ1) is 12.8. The monoisotopic (exact) mass is 409 g/mol. The van der Waals surface area contributed by atoms with Gasteiger partial charge in [-0.25, -0.2) is 0 Å². The molecular weight excluding hydrogens is 390 g/mol. The fourth-order valence-corrected chi connectivity index (χ4v) is 3.97. The molecule has 1 fully saturated rings. The van der Waals surface area contributed by atoms with Crippen LogP contribution in [-0.2, 0) is 9.59 Å². The minimum Gasteiger partial charge on any atom is -0.481 e. The van der Waals surface area contributed by atoms with E-state index in [1.165, 1.54) is 11.0 Å². The van der Waals surface area contributed by atoms with Crippen molar-refractivity contribution in [3.05, 3.63) is 38.8 Å². The maximum atomic E-state index is 12.4. The van der Waals surface area contributed by atoms with Gasteiger partial charge in [0.2, 0.25) is 0 Å². The second-order valence-electron chi connectivity index (χ2n) is 5.65. The molecule has 8 nitrogen and oxygen atoms in total. The van der Waals surface area contributed by atoms with Gasteiger partial charge in [0.25, 0.3) is 11.6 Å². The highest BCUT2D eigenvalue weighted by Crippen LogP contribution is 2.35. The van der Waals surface area contributed by atoms with E-state index in [-0.39, 0.29) is 28.9 Å². The van der Waals surface area contributed by atoms with Crippen molar-refractivity contribution in [2.45, 2.75) is 20.3 Å². The second-order valence-corrected chi connectivity index (χ2v) is 7.33. The number of carbonyl (C=O) groups excluding carboxylic acids is 1. The van der Waals surface area contributed by atoms with Gasteiger partial charge in [-0.2, -0.15) is 0 Å². The van der Waals surface area contributed by atoms with E-state index in [1.54, 1.807) is 18.2 Å². The van der Waals surface area contributed by atoms with Crippen molar-refractivity contribution in [2.75, 3.05) is 24.5 Å². The smallest absolute Gasteiger partial charge is 0.305 e. The van der Waals surface area contributed by atoms with Gasteiger partial charge in [-0.05, 0) is 31.6 Å². The van der Waals surface area contributed by atoms with Gasteiger partial charge in [0.15, 0.2) is 0 Å². The maximum absolute atomic E-state index is 12.4. The maximum Gasteiger partial charge on any atom is 0.305 e. The molecule has 0 unspecified atom stereocenters. The third-order valence-corrected chi connectivity index (χ3v) is 5.40. The van der Waals surface area contributed by atoms with Crippen molar-refractivity contribution in [2.24, 2.45) is 0 Å². The van der Waals surface area contributed by atoms with Gasteiger partial charge in [-0.3, -0.25) is 24.6 Å². The second kappa shape index (κ2) is 8.96. The fraction of sp³-hybridized carbons (Fsp3) is 0.353. The number of amides is 1. The summed E-state index contributed by atoms with van der Waals surface area (Å²) in [4.78, 5) is 37.6. The van der Waals surface area contributed by atoms with Crippen LogP contribution in [0.4, 0.5) is 11.4 Å². The number of carboxylic acid groups (broad SMARTS) is 1. The lowest BCUT2D eigenvalue weighted by molar-refractivity contribution is -0.384. The van der Waals surface area contributed by atoms with E-state index in [0.29, 0.717) is 29.2 Å². The summed E-state index contributed by atoms with van der Waals surface area (Å²) in [5, 5.41) is 20.2. The zero-order chi connectivity index (χ0) is 20.1. The molecule has 144 valence electrons. The number of nitro benzene ring substituents is 1. The lowest BCUT2D eigenvalue weighted by Gasteiger charge is -2.20. The number of hydrogen-bond donors (Lipinski definition) is 1.